The standard InChI is InChI=1S/C21H18ClNO3S2/c22-17-7-9-18(10-8-17)28(25,26)19-11-12-23(14-19)21(24)16-5-3-15(4-6-16)20-2-1-13-27-20/h1-10,13,19H,11-12,14H2/t19-/m0/s1. The number of thiophene rings is 1. The van der Waals surface area contributed by atoms with Crippen LogP contribution in [0.4, 0.5) is 0 Å². The van der Waals surface area contributed by atoms with Crippen LogP contribution in [0.3, 0.4) is 0 Å². The second-order valence-electron chi connectivity index (χ2n) is 6.72. The number of halogens is 1. The maximum absolute atomic E-state index is 12.8. The van der Waals surface area contributed by atoms with E-state index in [9.17, 15) is 13.2 Å². The average molecular weight is 432 g/mol. The quantitative estimate of drug-likeness (QED) is 0.598. The molecule has 0 unspecified atom stereocenters. The van der Waals surface area contributed by atoms with Crippen LogP contribution in [0.25, 0.3) is 10.4 Å². The van der Waals surface area contributed by atoms with Crippen molar-refractivity contribution in [3.63, 3.8) is 0 Å². The molecule has 28 heavy (non-hydrogen) atoms. The minimum absolute atomic E-state index is 0.133. The number of nitrogens with zero attached hydrogens (tertiary/aromatic N) is 1. The molecule has 3 aromatic rings. The fraction of sp³-hybridized carbons (Fsp3) is 0.190. The summed E-state index contributed by atoms with van der Waals surface area (Å²) in [5, 5.41) is 1.91. The summed E-state index contributed by atoms with van der Waals surface area (Å²) in [4.78, 5) is 15.8. The maximum atomic E-state index is 12.8. The molecule has 0 spiro atoms. The van der Waals surface area contributed by atoms with Crippen LogP contribution in [0.1, 0.15) is 16.8 Å². The Morgan fingerprint density at radius 3 is 2.39 bits per heavy atom. The average Bonchev–Trinajstić information content (AvgIpc) is 3.40. The van der Waals surface area contributed by atoms with E-state index in [1.165, 1.54) is 12.1 Å². The fourth-order valence-electron chi connectivity index (χ4n) is 3.39. The van der Waals surface area contributed by atoms with Crippen molar-refractivity contribution in [2.45, 2.75) is 16.6 Å². The third kappa shape index (κ3) is 3.72. The first-order chi connectivity index (χ1) is 13.4. The Morgan fingerprint density at radius 2 is 1.75 bits per heavy atom. The molecule has 1 atom stereocenters. The van der Waals surface area contributed by atoms with Crippen LogP contribution in [0.5, 0.6) is 0 Å². The van der Waals surface area contributed by atoms with Crippen LogP contribution in [0.15, 0.2) is 70.9 Å². The van der Waals surface area contributed by atoms with Gasteiger partial charge in [-0.05, 0) is 59.8 Å². The van der Waals surface area contributed by atoms with Crippen molar-refractivity contribution in [2.75, 3.05) is 13.1 Å². The van der Waals surface area contributed by atoms with Gasteiger partial charge >= 0.3 is 0 Å². The molecule has 1 aliphatic rings. The van der Waals surface area contributed by atoms with Crippen molar-refractivity contribution in [1.29, 1.82) is 0 Å². The Hall–Kier alpha value is -2.15. The van der Waals surface area contributed by atoms with Crippen LogP contribution in [0.2, 0.25) is 5.02 Å². The largest absolute Gasteiger partial charge is 0.337 e. The second-order valence-corrected chi connectivity index (χ2v) is 10.3. The van der Waals surface area contributed by atoms with E-state index < -0.39 is 15.1 Å². The zero-order valence-electron chi connectivity index (χ0n) is 14.9. The lowest BCUT2D eigenvalue weighted by atomic mass is 10.1. The van der Waals surface area contributed by atoms with Gasteiger partial charge in [0.1, 0.15) is 0 Å². The van der Waals surface area contributed by atoms with Gasteiger partial charge in [0.25, 0.3) is 5.91 Å². The third-order valence-electron chi connectivity index (χ3n) is 4.95. The number of hydrogen-bond acceptors (Lipinski definition) is 4. The molecular formula is C21H18ClNO3S2. The smallest absolute Gasteiger partial charge is 0.253 e. The van der Waals surface area contributed by atoms with Gasteiger partial charge in [0.05, 0.1) is 10.1 Å². The number of sulfone groups is 1. The summed E-state index contributed by atoms with van der Waals surface area (Å²) >= 11 is 7.50. The Bertz CT molecular complexity index is 1080. The normalized spacial score (nSPS) is 17.0. The van der Waals surface area contributed by atoms with E-state index >= 15 is 0 Å². The molecule has 4 nitrogen and oxygen atoms in total. The van der Waals surface area contributed by atoms with Crippen LogP contribution in [0, 0.1) is 0 Å². The Morgan fingerprint density at radius 1 is 1.04 bits per heavy atom. The van der Waals surface area contributed by atoms with Gasteiger partial charge < -0.3 is 4.90 Å². The van der Waals surface area contributed by atoms with Gasteiger partial charge in [0.2, 0.25) is 0 Å². The summed E-state index contributed by atoms with van der Waals surface area (Å²) < 4.78 is 25.7. The Kier molecular flexibility index (Phi) is 5.27. The Balaban J connectivity index is 1.47. The third-order valence-corrected chi connectivity index (χ3v) is 8.31. The SMILES string of the molecule is O=C(c1ccc(-c2cccs2)cc1)N1CC[C@H](S(=O)(=O)c2ccc(Cl)cc2)C1. The molecular weight excluding hydrogens is 414 g/mol. The highest BCUT2D eigenvalue weighted by Crippen LogP contribution is 2.28. The number of amides is 1. The number of likely N-dealkylation sites (tertiary alicyclic amines) is 1. The maximum Gasteiger partial charge on any atom is 0.253 e. The van der Waals surface area contributed by atoms with E-state index in [0.717, 1.165) is 10.4 Å². The van der Waals surface area contributed by atoms with E-state index in [1.807, 2.05) is 29.6 Å². The topological polar surface area (TPSA) is 54.5 Å². The lowest BCUT2D eigenvalue weighted by Gasteiger charge is -2.17. The first kappa shape index (κ1) is 19.2. The Labute approximate surface area is 173 Å². The van der Waals surface area contributed by atoms with E-state index in [0.29, 0.717) is 23.6 Å². The molecule has 1 aliphatic heterocycles. The molecule has 0 N–H and O–H groups in total. The molecule has 144 valence electrons. The van der Waals surface area contributed by atoms with Gasteiger partial charge in [-0.25, -0.2) is 8.42 Å². The van der Waals surface area contributed by atoms with Gasteiger partial charge in [0.15, 0.2) is 9.84 Å². The van der Waals surface area contributed by atoms with E-state index in [2.05, 4.69) is 0 Å². The van der Waals surface area contributed by atoms with Crippen molar-refractivity contribution in [3.05, 3.63) is 76.6 Å². The molecule has 2 aromatic carbocycles. The van der Waals surface area contributed by atoms with Crippen molar-refractivity contribution in [3.8, 4) is 10.4 Å². The van der Waals surface area contributed by atoms with Crippen LogP contribution in [-0.4, -0.2) is 37.6 Å². The highest BCUT2D eigenvalue weighted by molar-refractivity contribution is 7.92. The van der Waals surface area contributed by atoms with Gasteiger partial charge in [-0.1, -0.05) is 29.8 Å². The van der Waals surface area contributed by atoms with Gasteiger partial charge in [0, 0.05) is 28.6 Å². The summed E-state index contributed by atoms with van der Waals surface area (Å²) in [7, 11) is -3.49. The van der Waals surface area contributed by atoms with Crippen LogP contribution in [-0.2, 0) is 9.84 Å². The molecule has 0 saturated carbocycles. The minimum atomic E-state index is -3.49. The van der Waals surface area contributed by atoms with Crippen molar-refractivity contribution >= 4 is 38.7 Å². The summed E-state index contributed by atoms with van der Waals surface area (Å²) in [6.07, 6.45) is 0.435. The highest BCUT2D eigenvalue weighted by Gasteiger charge is 2.36. The number of hydrogen-bond donors (Lipinski definition) is 0. The first-order valence-electron chi connectivity index (χ1n) is 8.88. The van der Waals surface area contributed by atoms with Crippen LogP contribution >= 0.6 is 22.9 Å². The molecule has 0 aliphatic carbocycles. The fourth-order valence-corrected chi connectivity index (χ4v) is 5.94. The van der Waals surface area contributed by atoms with Gasteiger partial charge in [-0.15, -0.1) is 11.3 Å². The zero-order chi connectivity index (χ0) is 19.7. The van der Waals surface area contributed by atoms with Crippen molar-refractivity contribution in [2.24, 2.45) is 0 Å². The minimum Gasteiger partial charge on any atom is -0.337 e. The van der Waals surface area contributed by atoms with E-state index in [1.54, 1.807) is 40.5 Å². The lowest BCUT2D eigenvalue weighted by molar-refractivity contribution is 0.0793. The highest BCUT2D eigenvalue weighted by atomic mass is 35.5. The van der Waals surface area contributed by atoms with Crippen molar-refractivity contribution in [1.82, 2.24) is 4.90 Å². The van der Waals surface area contributed by atoms with Crippen molar-refractivity contribution < 1.29 is 13.2 Å². The van der Waals surface area contributed by atoms with Gasteiger partial charge in [-0.2, -0.15) is 0 Å². The number of carbonyl (C=O) groups excluding carboxylic acids is 1. The van der Waals surface area contributed by atoms with Crippen LogP contribution < -0.4 is 0 Å². The van der Waals surface area contributed by atoms with E-state index in [-0.39, 0.29) is 17.3 Å². The number of carbonyl (C=O) groups is 1. The summed E-state index contributed by atoms with van der Waals surface area (Å²) in [6.45, 7) is 0.638. The lowest BCUT2D eigenvalue weighted by Crippen LogP contribution is -2.31. The summed E-state index contributed by atoms with van der Waals surface area (Å²) in [6, 6.07) is 17.7. The first-order valence-corrected chi connectivity index (χ1v) is 11.7. The number of rotatable bonds is 4. The summed E-state index contributed by atoms with van der Waals surface area (Å²) in [5.74, 6) is -0.133. The molecule has 7 heteroatoms. The molecule has 1 saturated heterocycles. The monoisotopic (exact) mass is 431 g/mol. The summed E-state index contributed by atoms with van der Waals surface area (Å²) in [5.41, 5.74) is 1.64. The molecule has 1 aromatic heterocycles. The van der Waals surface area contributed by atoms with E-state index in [4.69, 9.17) is 11.6 Å². The molecule has 1 amide bonds. The molecule has 4 rings (SSSR count). The van der Waals surface area contributed by atoms with Gasteiger partial charge in [-0.3, -0.25) is 4.79 Å². The molecule has 0 bridgehead atoms. The number of benzene rings is 2. The zero-order valence-corrected chi connectivity index (χ0v) is 17.3. The molecule has 2 heterocycles. The predicted octanol–water partition coefficient (Wildman–Crippen LogP) is 4.76. The second kappa shape index (κ2) is 7.70. The predicted molar refractivity (Wildman–Crippen MR) is 113 cm³/mol. The molecule has 0 radical (unpaired) electrons. The molecule has 1 fully saturated rings.